The van der Waals surface area contributed by atoms with Gasteiger partial charge < -0.3 is 0 Å². The minimum Gasteiger partial charge on any atom is -0.207 e. The van der Waals surface area contributed by atoms with Crippen molar-refractivity contribution in [1.82, 2.24) is 4.31 Å². The van der Waals surface area contributed by atoms with E-state index in [4.69, 9.17) is 11.6 Å². The third-order valence-electron chi connectivity index (χ3n) is 3.76. The molecule has 0 atom stereocenters. The van der Waals surface area contributed by atoms with Crippen LogP contribution in [0.15, 0.2) is 23.1 Å². The molecule has 0 spiro atoms. The highest BCUT2D eigenvalue weighted by Crippen LogP contribution is 2.27. The van der Waals surface area contributed by atoms with Gasteiger partial charge in [0.1, 0.15) is 0 Å². The smallest absolute Gasteiger partial charge is 0.207 e. The van der Waals surface area contributed by atoms with E-state index >= 15 is 0 Å². The average molecular weight is 304 g/mol. The first-order valence-corrected chi connectivity index (χ1v) is 8.28. The summed E-state index contributed by atoms with van der Waals surface area (Å²) < 4.78 is 26.9. The summed E-state index contributed by atoms with van der Waals surface area (Å²) >= 11 is 5.79. The lowest BCUT2D eigenvalue weighted by molar-refractivity contribution is 0.257. The van der Waals surface area contributed by atoms with Crippen LogP contribution in [0.2, 0.25) is 0 Å². The largest absolute Gasteiger partial charge is 0.243 e. The highest BCUT2D eigenvalue weighted by Gasteiger charge is 2.33. The summed E-state index contributed by atoms with van der Waals surface area (Å²) in [6.07, 6.45) is 0.747. The summed E-state index contributed by atoms with van der Waals surface area (Å²) in [5.41, 5.74) is 1.14. The van der Waals surface area contributed by atoms with Gasteiger partial charge in [0, 0.05) is 18.5 Å². The molecule has 0 fully saturated rings. The van der Waals surface area contributed by atoms with Crippen molar-refractivity contribution in [3.8, 4) is 0 Å². The quantitative estimate of drug-likeness (QED) is 0.780. The van der Waals surface area contributed by atoms with Gasteiger partial charge in [-0.15, -0.1) is 11.6 Å². The highest BCUT2D eigenvalue weighted by molar-refractivity contribution is 7.89. The third-order valence-corrected chi connectivity index (χ3v) is 6.28. The van der Waals surface area contributed by atoms with Crippen molar-refractivity contribution in [3.63, 3.8) is 0 Å². The van der Waals surface area contributed by atoms with E-state index in [0.29, 0.717) is 10.8 Å². The number of alkyl halides is 1. The van der Waals surface area contributed by atoms with Gasteiger partial charge in [-0.2, -0.15) is 4.31 Å². The molecule has 19 heavy (non-hydrogen) atoms. The Hall–Kier alpha value is -0.580. The standard InChI is InChI=1S/C14H22ClNO2S/c1-6-14(3,4)16(5)19(17,18)13-9-12(10-15)8-7-11(13)2/h7-9H,6,10H2,1-5H3. The summed E-state index contributed by atoms with van der Waals surface area (Å²) in [6, 6.07) is 5.32. The van der Waals surface area contributed by atoms with Gasteiger partial charge in [0.2, 0.25) is 10.0 Å². The number of benzene rings is 1. The molecule has 0 aliphatic heterocycles. The van der Waals surface area contributed by atoms with Crippen LogP contribution in [-0.2, 0) is 15.9 Å². The lowest BCUT2D eigenvalue weighted by Crippen LogP contribution is -2.44. The molecule has 0 radical (unpaired) electrons. The fraction of sp³-hybridized carbons (Fsp3) is 0.571. The number of aryl methyl sites for hydroxylation is 1. The van der Waals surface area contributed by atoms with E-state index in [1.807, 2.05) is 26.8 Å². The number of hydrogen-bond donors (Lipinski definition) is 0. The Kier molecular flexibility index (Phi) is 5.04. The Balaban J connectivity index is 3.35. The molecule has 108 valence electrons. The Morgan fingerprint density at radius 1 is 1.32 bits per heavy atom. The molecule has 3 nitrogen and oxygen atoms in total. The van der Waals surface area contributed by atoms with Crippen molar-refractivity contribution in [2.24, 2.45) is 0 Å². The van der Waals surface area contributed by atoms with Gasteiger partial charge in [0.05, 0.1) is 4.90 Å². The van der Waals surface area contributed by atoms with E-state index in [1.54, 1.807) is 26.1 Å². The van der Waals surface area contributed by atoms with Crippen molar-refractivity contribution in [2.45, 2.75) is 50.4 Å². The maximum Gasteiger partial charge on any atom is 0.243 e. The monoisotopic (exact) mass is 303 g/mol. The van der Waals surface area contributed by atoms with Crippen molar-refractivity contribution in [3.05, 3.63) is 29.3 Å². The second-order valence-electron chi connectivity index (χ2n) is 5.37. The molecule has 0 N–H and O–H groups in total. The lowest BCUT2D eigenvalue weighted by atomic mass is 10.0. The number of halogens is 1. The van der Waals surface area contributed by atoms with Crippen LogP contribution in [-0.4, -0.2) is 25.3 Å². The third kappa shape index (κ3) is 3.30. The molecule has 0 heterocycles. The van der Waals surface area contributed by atoms with E-state index in [0.717, 1.165) is 17.5 Å². The molecular weight excluding hydrogens is 282 g/mol. The SMILES string of the molecule is CCC(C)(C)N(C)S(=O)(=O)c1cc(CCl)ccc1C. The van der Waals surface area contributed by atoms with Gasteiger partial charge in [-0.3, -0.25) is 0 Å². The zero-order chi connectivity index (χ0) is 14.8. The number of hydrogen-bond acceptors (Lipinski definition) is 2. The van der Waals surface area contributed by atoms with Crippen LogP contribution in [0.5, 0.6) is 0 Å². The fourth-order valence-electron chi connectivity index (χ4n) is 1.70. The first-order valence-electron chi connectivity index (χ1n) is 6.31. The van der Waals surface area contributed by atoms with Crippen LogP contribution in [0, 0.1) is 6.92 Å². The van der Waals surface area contributed by atoms with Crippen LogP contribution >= 0.6 is 11.6 Å². The Morgan fingerprint density at radius 3 is 2.37 bits per heavy atom. The summed E-state index contributed by atoms with van der Waals surface area (Å²) in [6.45, 7) is 7.63. The summed E-state index contributed by atoms with van der Waals surface area (Å²) in [7, 11) is -1.87. The number of sulfonamides is 1. The molecule has 5 heteroatoms. The fourth-order valence-corrected chi connectivity index (χ4v) is 3.72. The molecule has 1 aromatic carbocycles. The second-order valence-corrected chi connectivity index (χ2v) is 7.58. The highest BCUT2D eigenvalue weighted by atomic mass is 35.5. The van der Waals surface area contributed by atoms with Crippen molar-refractivity contribution < 1.29 is 8.42 Å². The van der Waals surface area contributed by atoms with Gasteiger partial charge in [-0.1, -0.05) is 19.1 Å². The average Bonchev–Trinajstić information content (AvgIpc) is 2.38. The maximum atomic E-state index is 12.7. The Morgan fingerprint density at radius 2 is 1.89 bits per heavy atom. The predicted molar refractivity (Wildman–Crippen MR) is 80.1 cm³/mol. The molecule has 0 aromatic heterocycles. The molecule has 0 saturated carbocycles. The Bertz CT molecular complexity index is 553. The van der Waals surface area contributed by atoms with Crippen LogP contribution in [0.25, 0.3) is 0 Å². The van der Waals surface area contributed by atoms with Crippen LogP contribution in [0.1, 0.15) is 38.3 Å². The molecule has 1 rings (SSSR count). The van der Waals surface area contributed by atoms with Gasteiger partial charge in [0.15, 0.2) is 0 Å². The summed E-state index contributed by atoms with van der Waals surface area (Å²) in [5.74, 6) is 0.309. The van der Waals surface area contributed by atoms with Gasteiger partial charge >= 0.3 is 0 Å². The molecule has 0 saturated heterocycles. The first-order chi connectivity index (χ1) is 8.66. The zero-order valence-corrected chi connectivity index (χ0v) is 13.8. The van der Waals surface area contributed by atoms with Crippen LogP contribution in [0.4, 0.5) is 0 Å². The van der Waals surface area contributed by atoms with E-state index in [-0.39, 0.29) is 0 Å². The predicted octanol–water partition coefficient (Wildman–Crippen LogP) is 3.54. The van der Waals surface area contributed by atoms with E-state index in [2.05, 4.69) is 0 Å². The van der Waals surface area contributed by atoms with Gasteiger partial charge in [0.25, 0.3) is 0 Å². The van der Waals surface area contributed by atoms with Gasteiger partial charge in [-0.05, 0) is 44.4 Å². The molecule has 0 aliphatic rings. The lowest BCUT2D eigenvalue weighted by Gasteiger charge is -2.34. The molecule has 0 aliphatic carbocycles. The second kappa shape index (κ2) is 5.81. The van der Waals surface area contributed by atoms with Crippen molar-refractivity contribution in [1.29, 1.82) is 0 Å². The van der Waals surface area contributed by atoms with E-state index in [9.17, 15) is 8.42 Å². The van der Waals surface area contributed by atoms with Gasteiger partial charge in [-0.25, -0.2) is 8.42 Å². The minimum absolute atomic E-state index is 0.309. The molecule has 1 aromatic rings. The van der Waals surface area contributed by atoms with Crippen LogP contribution in [0.3, 0.4) is 0 Å². The molecule has 0 bridgehead atoms. The molecule has 0 amide bonds. The molecule has 0 unspecified atom stereocenters. The normalized spacial score (nSPS) is 13.0. The zero-order valence-electron chi connectivity index (χ0n) is 12.2. The number of rotatable bonds is 5. The summed E-state index contributed by atoms with van der Waals surface area (Å²) in [4.78, 5) is 0.342. The Labute approximate surface area is 121 Å². The van der Waals surface area contributed by atoms with Crippen LogP contribution < -0.4 is 0 Å². The summed E-state index contributed by atoms with van der Waals surface area (Å²) in [5, 5.41) is 0. The minimum atomic E-state index is -3.50. The van der Waals surface area contributed by atoms with E-state index in [1.165, 1.54) is 4.31 Å². The van der Waals surface area contributed by atoms with E-state index < -0.39 is 15.6 Å². The first kappa shape index (κ1) is 16.5. The maximum absolute atomic E-state index is 12.7. The number of nitrogens with zero attached hydrogens (tertiary/aromatic N) is 1. The molecular formula is C14H22ClNO2S. The van der Waals surface area contributed by atoms with Crippen molar-refractivity contribution in [2.75, 3.05) is 7.05 Å². The topological polar surface area (TPSA) is 37.4 Å². The van der Waals surface area contributed by atoms with Crippen molar-refractivity contribution >= 4 is 21.6 Å².